The topological polar surface area (TPSA) is 26.3 Å². The van der Waals surface area contributed by atoms with Crippen molar-refractivity contribution in [3.8, 4) is 0 Å². The third kappa shape index (κ3) is 3.28. The summed E-state index contributed by atoms with van der Waals surface area (Å²) in [6.45, 7) is 4.94. The first-order valence-corrected chi connectivity index (χ1v) is 5.16. The van der Waals surface area contributed by atoms with Gasteiger partial charge in [0.1, 0.15) is 5.60 Å². The van der Waals surface area contributed by atoms with E-state index in [0.717, 1.165) is 0 Å². The van der Waals surface area contributed by atoms with Crippen molar-refractivity contribution in [1.82, 2.24) is 0 Å². The molecule has 0 fully saturated rings. The standard InChI is InChI=1S/C12H13BF2O2/c1-12(2,3)17-11(16)8-5-4-7(6-13)9(14)10(8)15/h4-5H,6H2,1-3H3. The zero-order valence-corrected chi connectivity index (χ0v) is 10.0. The highest BCUT2D eigenvalue weighted by atomic mass is 19.2. The van der Waals surface area contributed by atoms with Crippen LogP contribution in [0.3, 0.4) is 0 Å². The van der Waals surface area contributed by atoms with Gasteiger partial charge < -0.3 is 4.74 Å². The molecule has 1 aromatic carbocycles. The van der Waals surface area contributed by atoms with Gasteiger partial charge in [-0.15, -0.1) is 0 Å². The fourth-order valence-corrected chi connectivity index (χ4v) is 1.24. The van der Waals surface area contributed by atoms with Gasteiger partial charge in [-0.2, -0.15) is 0 Å². The molecule has 0 aliphatic rings. The molecule has 0 aliphatic heterocycles. The highest BCUT2D eigenvalue weighted by Gasteiger charge is 2.23. The molecule has 1 rings (SSSR count). The average Bonchev–Trinajstić information content (AvgIpc) is 2.19. The van der Waals surface area contributed by atoms with Gasteiger partial charge in [-0.25, -0.2) is 13.6 Å². The summed E-state index contributed by atoms with van der Waals surface area (Å²) >= 11 is 0. The van der Waals surface area contributed by atoms with E-state index < -0.39 is 28.8 Å². The summed E-state index contributed by atoms with van der Waals surface area (Å²) in [6, 6.07) is 2.45. The Morgan fingerprint density at radius 2 is 1.88 bits per heavy atom. The van der Waals surface area contributed by atoms with Gasteiger partial charge in [0.2, 0.25) is 0 Å². The van der Waals surface area contributed by atoms with E-state index in [1.54, 1.807) is 20.8 Å². The highest BCUT2D eigenvalue weighted by molar-refractivity contribution is 6.08. The van der Waals surface area contributed by atoms with Crippen molar-refractivity contribution in [2.24, 2.45) is 0 Å². The Bertz CT molecular complexity index is 439. The number of hydrogen-bond acceptors (Lipinski definition) is 2. The van der Waals surface area contributed by atoms with Crippen molar-refractivity contribution in [3.05, 3.63) is 34.9 Å². The summed E-state index contributed by atoms with van der Waals surface area (Å²) in [5, 5.41) is 0. The highest BCUT2D eigenvalue weighted by Crippen LogP contribution is 2.19. The third-order valence-electron chi connectivity index (χ3n) is 2.00. The number of ether oxygens (including phenoxy) is 1. The quantitative estimate of drug-likeness (QED) is 0.584. The lowest BCUT2D eigenvalue weighted by Crippen LogP contribution is -2.24. The molecule has 0 N–H and O–H groups in total. The number of halogens is 2. The minimum atomic E-state index is -1.22. The van der Waals surface area contributed by atoms with Gasteiger partial charge in [-0.1, -0.05) is 12.4 Å². The zero-order chi connectivity index (χ0) is 13.2. The first-order chi connectivity index (χ1) is 7.76. The number of hydrogen-bond donors (Lipinski definition) is 0. The molecule has 2 radical (unpaired) electrons. The Morgan fingerprint density at radius 1 is 1.29 bits per heavy atom. The van der Waals surface area contributed by atoms with E-state index in [0.29, 0.717) is 0 Å². The minimum absolute atomic E-state index is 0.0230. The first kappa shape index (κ1) is 13.7. The van der Waals surface area contributed by atoms with Crippen LogP contribution in [-0.2, 0) is 11.1 Å². The molecule has 5 heteroatoms. The second-order valence-corrected chi connectivity index (χ2v) is 4.61. The minimum Gasteiger partial charge on any atom is -0.456 e. The maximum Gasteiger partial charge on any atom is 0.341 e. The molecule has 0 heterocycles. The van der Waals surface area contributed by atoms with Crippen molar-refractivity contribution >= 4 is 13.8 Å². The van der Waals surface area contributed by atoms with Crippen LogP contribution in [0.15, 0.2) is 12.1 Å². The fourth-order valence-electron chi connectivity index (χ4n) is 1.24. The van der Waals surface area contributed by atoms with Gasteiger partial charge in [-0.05, 0) is 32.4 Å². The molecule has 0 saturated heterocycles. The van der Waals surface area contributed by atoms with E-state index in [2.05, 4.69) is 0 Å². The van der Waals surface area contributed by atoms with Crippen molar-refractivity contribution in [2.45, 2.75) is 32.7 Å². The van der Waals surface area contributed by atoms with Crippen LogP contribution in [0.4, 0.5) is 8.78 Å². The van der Waals surface area contributed by atoms with Crippen molar-refractivity contribution in [3.63, 3.8) is 0 Å². The monoisotopic (exact) mass is 238 g/mol. The van der Waals surface area contributed by atoms with Crippen LogP contribution in [0.5, 0.6) is 0 Å². The Hall–Kier alpha value is -1.39. The molecule has 0 spiro atoms. The first-order valence-electron chi connectivity index (χ1n) is 5.16. The van der Waals surface area contributed by atoms with Crippen LogP contribution in [-0.4, -0.2) is 19.4 Å². The van der Waals surface area contributed by atoms with E-state index in [9.17, 15) is 13.6 Å². The number of carbonyl (C=O) groups excluding carboxylic acids is 1. The predicted octanol–water partition coefficient (Wildman–Crippen LogP) is 2.59. The maximum atomic E-state index is 13.5. The van der Waals surface area contributed by atoms with Gasteiger partial charge in [0.15, 0.2) is 11.6 Å². The predicted molar refractivity (Wildman–Crippen MR) is 61.0 cm³/mol. The largest absolute Gasteiger partial charge is 0.456 e. The lowest BCUT2D eigenvalue weighted by molar-refractivity contribution is 0.00636. The Labute approximate surface area is 100 Å². The Balaban J connectivity index is 3.08. The lowest BCUT2D eigenvalue weighted by Gasteiger charge is -2.19. The van der Waals surface area contributed by atoms with E-state index in [-0.39, 0.29) is 11.9 Å². The summed E-state index contributed by atoms with van der Waals surface area (Å²) in [6.07, 6.45) is -0.128. The molecular formula is C12H13BF2O2. The summed E-state index contributed by atoms with van der Waals surface area (Å²) < 4.78 is 31.9. The van der Waals surface area contributed by atoms with Crippen LogP contribution < -0.4 is 0 Å². The van der Waals surface area contributed by atoms with Gasteiger partial charge in [-0.3, -0.25) is 0 Å². The van der Waals surface area contributed by atoms with Gasteiger partial charge in [0.25, 0.3) is 0 Å². The normalized spacial score (nSPS) is 11.4. The summed E-state index contributed by atoms with van der Waals surface area (Å²) in [5.74, 6) is -3.21. The molecule has 1 aromatic rings. The summed E-state index contributed by atoms with van der Waals surface area (Å²) in [7, 11) is 5.22. The summed E-state index contributed by atoms with van der Waals surface area (Å²) in [4.78, 5) is 11.6. The van der Waals surface area contributed by atoms with E-state index in [1.165, 1.54) is 12.1 Å². The van der Waals surface area contributed by atoms with Crippen molar-refractivity contribution < 1.29 is 18.3 Å². The van der Waals surface area contributed by atoms with E-state index in [1.807, 2.05) is 0 Å². The smallest absolute Gasteiger partial charge is 0.341 e. The molecule has 0 atom stereocenters. The fraction of sp³-hybridized carbons (Fsp3) is 0.417. The third-order valence-corrected chi connectivity index (χ3v) is 2.00. The number of carbonyl (C=O) groups is 1. The van der Waals surface area contributed by atoms with E-state index in [4.69, 9.17) is 12.6 Å². The van der Waals surface area contributed by atoms with E-state index >= 15 is 0 Å². The molecule has 17 heavy (non-hydrogen) atoms. The molecule has 2 nitrogen and oxygen atoms in total. The molecule has 0 bridgehead atoms. The lowest BCUT2D eigenvalue weighted by atomic mass is 9.95. The number of benzene rings is 1. The number of esters is 1. The van der Waals surface area contributed by atoms with Crippen LogP contribution in [0.25, 0.3) is 0 Å². The molecule has 0 unspecified atom stereocenters. The summed E-state index contributed by atoms with van der Waals surface area (Å²) in [5.41, 5.74) is -1.16. The van der Waals surface area contributed by atoms with Crippen LogP contribution in [0.1, 0.15) is 36.7 Å². The Morgan fingerprint density at radius 3 is 2.35 bits per heavy atom. The SMILES string of the molecule is [B]Cc1ccc(C(=O)OC(C)(C)C)c(F)c1F. The molecular weight excluding hydrogens is 225 g/mol. The average molecular weight is 238 g/mol. The Kier molecular flexibility index (Phi) is 3.91. The second-order valence-electron chi connectivity index (χ2n) is 4.61. The van der Waals surface area contributed by atoms with Crippen LogP contribution in [0.2, 0.25) is 0 Å². The molecule has 0 saturated carbocycles. The second kappa shape index (κ2) is 4.86. The molecule has 90 valence electrons. The molecule has 0 aliphatic carbocycles. The number of rotatable bonds is 2. The zero-order valence-electron chi connectivity index (χ0n) is 10.0. The van der Waals surface area contributed by atoms with Crippen molar-refractivity contribution in [2.75, 3.05) is 0 Å². The van der Waals surface area contributed by atoms with Gasteiger partial charge in [0, 0.05) is 0 Å². The maximum absolute atomic E-state index is 13.5. The molecule has 0 amide bonds. The van der Waals surface area contributed by atoms with Crippen molar-refractivity contribution in [1.29, 1.82) is 0 Å². The van der Waals surface area contributed by atoms with Crippen LogP contribution in [0, 0.1) is 11.6 Å². The molecule has 0 aromatic heterocycles. The van der Waals surface area contributed by atoms with Gasteiger partial charge >= 0.3 is 5.97 Å². The van der Waals surface area contributed by atoms with Crippen LogP contribution >= 0.6 is 0 Å². The van der Waals surface area contributed by atoms with Gasteiger partial charge in [0.05, 0.1) is 13.4 Å².